The molecule has 0 amide bonds. The maximum absolute atomic E-state index is 13.8. The molecule has 2 atom stereocenters. The van der Waals surface area contributed by atoms with Crippen LogP contribution in [0.2, 0.25) is 0 Å². The Hall–Kier alpha value is -0.310. The van der Waals surface area contributed by atoms with E-state index in [2.05, 4.69) is 10.0 Å². The Morgan fingerprint density at radius 2 is 2.06 bits per heavy atom. The lowest BCUT2D eigenvalue weighted by Gasteiger charge is -2.23. The number of halogens is 2. The Bertz CT molecular complexity index is 384. The van der Waals surface area contributed by atoms with E-state index in [1.807, 2.05) is 0 Å². The molecule has 2 rings (SSSR count). The number of aliphatic hydroxyl groups excluding tert-OH is 1. The van der Waals surface area contributed by atoms with Gasteiger partial charge in [-0.25, -0.2) is 21.9 Å². The van der Waals surface area contributed by atoms with Gasteiger partial charge in [0.2, 0.25) is 10.0 Å². The van der Waals surface area contributed by atoms with Crippen molar-refractivity contribution in [3.05, 3.63) is 0 Å². The minimum Gasteiger partial charge on any atom is -0.396 e. The van der Waals surface area contributed by atoms with Gasteiger partial charge in [-0.3, -0.25) is 0 Å². The van der Waals surface area contributed by atoms with Crippen molar-refractivity contribution in [3.8, 4) is 0 Å². The van der Waals surface area contributed by atoms with Crippen LogP contribution in [0.1, 0.15) is 19.3 Å². The maximum Gasteiger partial charge on any atom is 0.280 e. The molecule has 1 saturated carbocycles. The quantitative estimate of drug-likeness (QED) is 0.625. The van der Waals surface area contributed by atoms with E-state index >= 15 is 0 Å². The fourth-order valence-corrected chi connectivity index (χ4v) is 3.58. The highest BCUT2D eigenvalue weighted by molar-refractivity contribution is 7.90. The Balaban J connectivity index is 2.03. The molecule has 0 unspecified atom stereocenters. The van der Waals surface area contributed by atoms with Gasteiger partial charge in [0.25, 0.3) is 5.92 Å². The molecule has 0 radical (unpaired) electrons. The average Bonchev–Trinajstić information content (AvgIpc) is 3.01. The van der Waals surface area contributed by atoms with Crippen LogP contribution in [0.4, 0.5) is 8.78 Å². The molecule has 3 N–H and O–H groups in total. The highest BCUT2D eigenvalue weighted by atomic mass is 32.2. The van der Waals surface area contributed by atoms with E-state index in [1.54, 1.807) is 0 Å². The lowest BCUT2D eigenvalue weighted by molar-refractivity contribution is -0.0341. The molecule has 1 aliphatic heterocycles. The Labute approximate surface area is 98.6 Å². The summed E-state index contributed by atoms with van der Waals surface area (Å²) in [7, 11) is -3.61. The van der Waals surface area contributed by atoms with E-state index in [4.69, 9.17) is 5.11 Å². The normalized spacial score (nSPS) is 32.9. The second kappa shape index (κ2) is 4.42. The van der Waals surface area contributed by atoms with Gasteiger partial charge in [-0.1, -0.05) is 0 Å². The molecule has 0 aromatic rings. The smallest absolute Gasteiger partial charge is 0.280 e. The summed E-state index contributed by atoms with van der Waals surface area (Å²) in [6.45, 7) is -0.459. The number of nitrogens with one attached hydrogen (secondary N) is 2. The summed E-state index contributed by atoms with van der Waals surface area (Å²) < 4.78 is 52.8. The zero-order valence-electron chi connectivity index (χ0n) is 9.20. The van der Waals surface area contributed by atoms with E-state index in [9.17, 15) is 17.2 Å². The number of hydrogen-bond acceptors (Lipinski definition) is 4. The second-order valence-electron chi connectivity index (χ2n) is 4.56. The van der Waals surface area contributed by atoms with Crippen molar-refractivity contribution in [2.45, 2.75) is 42.5 Å². The van der Waals surface area contributed by atoms with Crippen molar-refractivity contribution in [2.75, 3.05) is 13.2 Å². The molecule has 0 spiro atoms. The van der Waals surface area contributed by atoms with Crippen molar-refractivity contribution in [1.82, 2.24) is 10.0 Å². The van der Waals surface area contributed by atoms with Crippen LogP contribution in [-0.4, -0.2) is 49.9 Å². The van der Waals surface area contributed by atoms with Crippen molar-refractivity contribution in [1.29, 1.82) is 0 Å². The zero-order valence-corrected chi connectivity index (χ0v) is 10.0. The molecule has 2 aliphatic rings. The van der Waals surface area contributed by atoms with Gasteiger partial charge in [0.15, 0.2) is 0 Å². The monoisotopic (exact) mass is 270 g/mol. The molecule has 1 heterocycles. The topological polar surface area (TPSA) is 78.4 Å². The fourth-order valence-electron chi connectivity index (χ4n) is 1.99. The van der Waals surface area contributed by atoms with E-state index in [-0.39, 0.29) is 19.6 Å². The predicted octanol–water partition coefficient (Wildman–Crippen LogP) is -0.574. The number of sulfonamides is 1. The van der Waals surface area contributed by atoms with Crippen molar-refractivity contribution >= 4 is 10.0 Å². The largest absolute Gasteiger partial charge is 0.396 e. The molecular weight excluding hydrogens is 254 g/mol. The van der Waals surface area contributed by atoms with Gasteiger partial charge in [0.05, 0.1) is 17.3 Å². The third-order valence-corrected chi connectivity index (χ3v) is 5.15. The third kappa shape index (κ3) is 2.59. The van der Waals surface area contributed by atoms with E-state index in [1.165, 1.54) is 0 Å². The molecule has 8 heteroatoms. The molecule has 1 aliphatic carbocycles. The summed E-state index contributed by atoms with van der Waals surface area (Å²) in [5, 5.41) is 10.7. The second-order valence-corrected chi connectivity index (χ2v) is 6.55. The fraction of sp³-hybridized carbons (Fsp3) is 1.00. The van der Waals surface area contributed by atoms with E-state index in [0.29, 0.717) is 12.8 Å². The first-order valence-corrected chi connectivity index (χ1v) is 7.15. The van der Waals surface area contributed by atoms with Crippen LogP contribution in [0.15, 0.2) is 0 Å². The van der Waals surface area contributed by atoms with Gasteiger partial charge in [-0.2, -0.15) is 0 Å². The van der Waals surface area contributed by atoms with Crippen LogP contribution in [0.25, 0.3) is 0 Å². The summed E-state index contributed by atoms with van der Waals surface area (Å²) in [5.74, 6) is -3.16. The van der Waals surface area contributed by atoms with Crippen LogP contribution in [-0.2, 0) is 10.0 Å². The van der Waals surface area contributed by atoms with Crippen molar-refractivity contribution in [3.63, 3.8) is 0 Å². The standard InChI is InChI=1S/C9H16F2N2O3S/c10-9(11)7(3-4-14)12-5-8(9)13-17(15,16)6-1-2-6/h6-8,12-14H,1-5H2/t7-,8-/m1/s1. The predicted molar refractivity (Wildman–Crippen MR) is 57.3 cm³/mol. The molecule has 2 fully saturated rings. The van der Waals surface area contributed by atoms with Crippen LogP contribution < -0.4 is 10.0 Å². The van der Waals surface area contributed by atoms with Gasteiger partial charge in [0, 0.05) is 13.2 Å². The first-order chi connectivity index (χ1) is 7.88. The molecule has 17 heavy (non-hydrogen) atoms. The van der Waals surface area contributed by atoms with Gasteiger partial charge in [-0.15, -0.1) is 0 Å². The first-order valence-electron chi connectivity index (χ1n) is 5.61. The van der Waals surface area contributed by atoms with Crippen LogP contribution in [0, 0.1) is 0 Å². The Kier molecular flexibility index (Phi) is 3.41. The van der Waals surface area contributed by atoms with E-state index in [0.717, 1.165) is 0 Å². The molecule has 5 nitrogen and oxygen atoms in total. The molecular formula is C9H16F2N2O3S. The SMILES string of the molecule is O=S(=O)(N[C@@H]1CN[C@H](CCO)C1(F)F)C1CC1. The Morgan fingerprint density at radius 1 is 1.41 bits per heavy atom. The Morgan fingerprint density at radius 3 is 2.59 bits per heavy atom. The number of hydrogen-bond donors (Lipinski definition) is 3. The summed E-state index contributed by atoms with van der Waals surface area (Å²) in [5.41, 5.74) is 0. The lowest BCUT2D eigenvalue weighted by Crippen LogP contribution is -2.50. The van der Waals surface area contributed by atoms with Crippen LogP contribution in [0.5, 0.6) is 0 Å². The maximum atomic E-state index is 13.8. The number of aliphatic hydroxyl groups is 1. The first kappa shape index (κ1) is 13.1. The van der Waals surface area contributed by atoms with Gasteiger partial charge >= 0.3 is 0 Å². The van der Waals surface area contributed by atoms with Crippen molar-refractivity contribution < 1.29 is 22.3 Å². The number of alkyl halides is 2. The lowest BCUT2D eigenvalue weighted by atomic mass is 10.1. The zero-order chi connectivity index (χ0) is 12.7. The minimum absolute atomic E-state index is 0.0886. The molecule has 1 saturated heterocycles. The molecule has 100 valence electrons. The van der Waals surface area contributed by atoms with Gasteiger partial charge in [0.1, 0.15) is 0 Å². The summed E-state index contributed by atoms with van der Waals surface area (Å²) >= 11 is 0. The van der Waals surface area contributed by atoms with E-state index < -0.39 is 33.3 Å². The average molecular weight is 270 g/mol. The van der Waals surface area contributed by atoms with Gasteiger partial charge < -0.3 is 10.4 Å². The summed E-state index contributed by atoms with van der Waals surface area (Å²) in [6, 6.07) is -2.58. The highest BCUT2D eigenvalue weighted by Gasteiger charge is 2.54. The van der Waals surface area contributed by atoms with Crippen LogP contribution in [0.3, 0.4) is 0 Å². The van der Waals surface area contributed by atoms with Crippen molar-refractivity contribution in [2.24, 2.45) is 0 Å². The molecule has 0 aromatic heterocycles. The third-order valence-electron chi connectivity index (χ3n) is 3.19. The molecule has 0 aromatic carbocycles. The summed E-state index contributed by atoms with van der Waals surface area (Å²) in [4.78, 5) is 0. The van der Waals surface area contributed by atoms with Gasteiger partial charge in [-0.05, 0) is 19.3 Å². The summed E-state index contributed by atoms with van der Waals surface area (Å²) in [6.07, 6.45) is 0.997. The minimum atomic E-state index is -3.61. The van der Waals surface area contributed by atoms with Crippen LogP contribution >= 0.6 is 0 Å². The molecule has 0 bridgehead atoms. The highest BCUT2D eigenvalue weighted by Crippen LogP contribution is 2.33. The number of rotatable bonds is 5.